The lowest BCUT2D eigenvalue weighted by molar-refractivity contribution is 0.204. The van der Waals surface area contributed by atoms with Crippen LogP contribution in [0.15, 0.2) is 0 Å². The first kappa shape index (κ1) is 13.3. The van der Waals surface area contributed by atoms with E-state index in [1.165, 1.54) is 19.3 Å². The molecule has 17 heavy (non-hydrogen) atoms. The summed E-state index contributed by atoms with van der Waals surface area (Å²) >= 11 is 0. The van der Waals surface area contributed by atoms with Crippen molar-refractivity contribution in [1.82, 2.24) is 5.32 Å². The van der Waals surface area contributed by atoms with Crippen molar-refractivity contribution in [3.05, 3.63) is 0 Å². The predicted molar refractivity (Wildman–Crippen MR) is 70.8 cm³/mol. The third-order valence-corrected chi connectivity index (χ3v) is 6.42. The van der Waals surface area contributed by atoms with Gasteiger partial charge in [0.25, 0.3) is 0 Å². The van der Waals surface area contributed by atoms with Gasteiger partial charge in [0.05, 0.1) is 11.5 Å². The topological polar surface area (TPSA) is 46.2 Å². The summed E-state index contributed by atoms with van der Waals surface area (Å²) in [6.45, 7) is 5.71. The van der Waals surface area contributed by atoms with Gasteiger partial charge in [-0.05, 0) is 50.5 Å². The highest BCUT2D eigenvalue weighted by Crippen LogP contribution is 2.37. The molecule has 0 aromatic heterocycles. The Kier molecular flexibility index (Phi) is 3.83. The third kappa shape index (κ3) is 3.02. The lowest BCUT2D eigenvalue weighted by Gasteiger charge is -2.38. The SMILES string of the molecule is CC(C)C1(CC2CCS(=O)(=O)CC2)CCCN1. The first-order valence-electron chi connectivity index (χ1n) is 6.89. The van der Waals surface area contributed by atoms with Gasteiger partial charge in [-0.2, -0.15) is 0 Å². The summed E-state index contributed by atoms with van der Waals surface area (Å²) in [6, 6.07) is 0. The van der Waals surface area contributed by atoms with Crippen LogP contribution in [0.1, 0.15) is 46.0 Å². The fourth-order valence-corrected chi connectivity index (χ4v) is 4.98. The largest absolute Gasteiger partial charge is 0.311 e. The number of hydrogen-bond acceptors (Lipinski definition) is 3. The van der Waals surface area contributed by atoms with Crippen LogP contribution in [-0.2, 0) is 9.84 Å². The molecule has 4 heteroatoms. The molecule has 1 unspecified atom stereocenters. The van der Waals surface area contributed by atoms with Crippen molar-refractivity contribution in [1.29, 1.82) is 0 Å². The molecule has 0 aromatic rings. The second-order valence-corrected chi connectivity index (χ2v) is 8.44. The molecule has 2 saturated heterocycles. The van der Waals surface area contributed by atoms with E-state index in [9.17, 15) is 8.42 Å². The van der Waals surface area contributed by atoms with Crippen molar-refractivity contribution in [3.8, 4) is 0 Å². The van der Waals surface area contributed by atoms with Crippen LogP contribution < -0.4 is 5.32 Å². The molecule has 0 radical (unpaired) electrons. The molecule has 0 aliphatic carbocycles. The van der Waals surface area contributed by atoms with Crippen molar-refractivity contribution in [2.75, 3.05) is 18.1 Å². The molecule has 2 fully saturated rings. The van der Waals surface area contributed by atoms with Crippen LogP contribution in [0.25, 0.3) is 0 Å². The summed E-state index contributed by atoms with van der Waals surface area (Å²) in [5.41, 5.74) is 0.284. The van der Waals surface area contributed by atoms with Gasteiger partial charge in [-0.1, -0.05) is 13.8 Å². The Balaban J connectivity index is 1.96. The predicted octanol–water partition coefficient (Wildman–Crippen LogP) is 1.98. The summed E-state index contributed by atoms with van der Waals surface area (Å²) in [4.78, 5) is 0. The van der Waals surface area contributed by atoms with E-state index in [1.807, 2.05) is 0 Å². The maximum absolute atomic E-state index is 11.4. The van der Waals surface area contributed by atoms with Gasteiger partial charge in [-0.3, -0.25) is 0 Å². The van der Waals surface area contributed by atoms with E-state index in [1.54, 1.807) is 0 Å². The van der Waals surface area contributed by atoms with E-state index < -0.39 is 9.84 Å². The number of nitrogens with one attached hydrogen (secondary N) is 1. The standard InChI is InChI=1S/C13H25NO2S/c1-11(2)13(6-3-7-14-13)10-12-4-8-17(15,16)9-5-12/h11-12,14H,3-10H2,1-2H3. The molecule has 0 spiro atoms. The molecular formula is C13H25NO2S. The van der Waals surface area contributed by atoms with Crippen LogP contribution in [0.5, 0.6) is 0 Å². The fraction of sp³-hybridized carbons (Fsp3) is 1.00. The number of rotatable bonds is 3. The summed E-state index contributed by atoms with van der Waals surface area (Å²) in [6.07, 6.45) is 5.44. The molecule has 2 heterocycles. The highest BCUT2D eigenvalue weighted by molar-refractivity contribution is 7.91. The van der Waals surface area contributed by atoms with Gasteiger partial charge in [0.2, 0.25) is 0 Å². The Morgan fingerprint density at radius 1 is 1.29 bits per heavy atom. The number of hydrogen-bond donors (Lipinski definition) is 1. The normalized spacial score (nSPS) is 34.3. The van der Waals surface area contributed by atoms with Crippen LogP contribution in [0.2, 0.25) is 0 Å². The fourth-order valence-electron chi connectivity index (χ4n) is 3.39. The van der Waals surface area contributed by atoms with Crippen LogP contribution in [-0.4, -0.2) is 32.0 Å². The third-order valence-electron chi connectivity index (χ3n) is 4.71. The molecule has 0 saturated carbocycles. The minimum Gasteiger partial charge on any atom is -0.311 e. The minimum atomic E-state index is -2.71. The molecule has 2 aliphatic rings. The van der Waals surface area contributed by atoms with Gasteiger partial charge in [-0.15, -0.1) is 0 Å². The maximum Gasteiger partial charge on any atom is 0.150 e. The van der Waals surface area contributed by atoms with Gasteiger partial charge < -0.3 is 5.32 Å². The molecule has 0 amide bonds. The maximum atomic E-state index is 11.4. The Hall–Kier alpha value is -0.0900. The molecule has 100 valence electrons. The monoisotopic (exact) mass is 259 g/mol. The van der Waals surface area contributed by atoms with Crippen molar-refractivity contribution in [2.45, 2.75) is 51.5 Å². The zero-order valence-corrected chi connectivity index (χ0v) is 11.9. The van der Waals surface area contributed by atoms with Crippen molar-refractivity contribution in [3.63, 3.8) is 0 Å². The highest BCUT2D eigenvalue weighted by Gasteiger charge is 2.39. The Morgan fingerprint density at radius 2 is 1.94 bits per heavy atom. The van der Waals surface area contributed by atoms with E-state index in [4.69, 9.17) is 0 Å². The summed E-state index contributed by atoms with van der Waals surface area (Å²) in [5.74, 6) is 2.06. The summed E-state index contributed by atoms with van der Waals surface area (Å²) in [7, 11) is -2.71. The lowest BCUT2D eigenvalue weighted by Crippen LogP contribution is -2.47. The van der Waals surface area contributed by atoms with E-state index >= 15 is 0 Å². The molecule has 0 bridgehead atoms. The molecule has 2 rings (SSSR count). The molecule has 1 atom stereocenters. The van der Waals surface area contributed by atoms with Crippen molar-refractivity contribution >= 4 is 9.84 Å². The Morgan fingerprint density at radius 3 is 2.41 bits per heavy atom. The van der Waals surface area contributed by atoms with Gasteiger partial charge in [0.1, 0.15) is 9.84 Å². The van der Waals surface area contributed by atoms with E-state index in [0.29, 0.717) is 23.3 Å². The quantitative estimate of drug-likeness (QED) is 0.843. The average Bonchev–Trinajstić information content (AvgIpc) is 2.71. The molecule has 1 N–H and O–H groups in total. The molecule has 0 aromatic carbocycles. The second kappa shape index (κ2) is 4.88. The van der Waals surface area contributed by atoms with Crippen molar-refractivity contribution < 1.29 is 8.42 Å². The van der Waals surface area contributed by atoms with Crippen LogP contribution in [0, 0.1) is 11.8 Å². The Labute approximate surface area is 105 Å². The lowest BCUT2D eigenvalue weighted by atomic mass is 9.76. The zero-order chi connectivity index (χ0) is 12.5. The van der Waals surface area contributed by atoms with Crippen molar-refractivity contribution in [2.24, 2.45) is 11.8 Å². The van der Waals surface area contributed by atoms with Crippen LogP contribution >= 0.6 is 0 Å². The second-order valence-electron chi connectivity index (χ2n) is 6.14. The first-order valence-corrected chi connectivity index (χ1v) is 8.71. The first-order chi connectivity index (χ1) is 7.94. The van der Waals surface area contributed by atoms with Gasteiger partial charge >= 0.3 is 0 Å². The van der Waals surface area contributed by atoms with E-state index in [2.05, 4.69) is 19.2 Å². The van der Waals surface area contributed by atoms with Gasteiger partial charge in [0.15, 0.2) is 0 Å². The smallest absolute Gasteiger partial charge is 0.150 e. The zero-order valence-electron chi connectivity index (χ0n) is 11.0. The van der Waals surface area contributed by atoms with E-state index in [0.717, 1.165) is 19.4 Å². The van der Waals surface area contributed by atoms with Crippen LogP contribution in [0.3, 0.4) is 0 Å². The van der Waals surface area contributed by atoms with Gasteiger partial charge in [0, 0.05) is 5.54 Å². The molecule has 3 nitrogen and oxygen atoms in total. The molecular weight excluding hydrogens is 234 g/mol. The summed E-state index contributed by atoms with van der Waals surface area (Å²) in [5, 5.41) is 3.69. The number of sulfone groups is 1. The highest BCUT2D eigenvalue weighted by atomic mass is 32.2. The van der Waals surface area contributed by atoms with Crippen LogP contribution in [0.4, 0.5) is 0 Å². The van der Waals surface area contributed by atoms with E-state index in [-0.39, 0.29) is 5.54 Å². The Bertz CT molecular complexity index is 342. The average molecular weight is 259 g/mol. The summed E-state index contributed by atoms with van der Waals surface area (Å²) < 4.78 is 22.9. The minimum absolute atomic E-state index is 0.284. The molecule has 2 aliphatic heterocycles. The van der Waals surface area contributed by atoms with Gasteiger partial charge in [-0.25, -0.2) is 8.42 Å².